The molecule has 140 valence electrons. The van der Waals surface area contributed by atoms with Crippen molar-refractivity contribution in [3.63, 3.8) is 0 Å². The molecule has 1 atom stereocenters. The fourth-order valence-corrected chi connectivity index (χ4v) is 3.11. The fraction of sp³-hybridized carbons (Fsp3) is 0.526. The maximum atomic E-state index is 12.6. The summed E-state index contributed by atoms with van der Waals surface area (Å²) in [5.41, 5.74) is 0.876. The van der Waals surface area contributed by atoms with Crippen molar-refractivity contribution < 1.29 is 18.7 Å². The van der Waals surface area contributed by atoms with Gasteiger partial charge >= 0.3 is 0 Å². The van der Waals surface area contributed by atoms with Crippen molar-refractivity contribution in [2.45, 2.75) is 31.7 Å². The molecule has 0 spiro atoms. The molecule has 2 aromatic rings. The lowest BCUT2D eigenvalue weighted by Crippen LogP contribution is -2.37. The van der Waals surface area contributed by atoms with Crippen molar-refractivity contribution in [2.24, 2.45) is 0 Å². The molecule has 26 heavy (non-hydrogen) atoms. The Morgan fingerprint density at radius 1 is 1.19 bits per heavy atom. The van der Waals surface area contributed by atoms with Gasteiger partial charge in [-0.3, -0.25) is 4.79 Å². The zero-order chi connectivity index (χ0) is 18.2. The van der Waals surface area contributed by atoms with Crippen LogP contribution in [0.2, 0.25) is 0 Å². The lowest BCUT2D eigenvalue weighted by molar-refractivity contribution is -0.139. The van der Waals surface area contributed by atoms with Crippen LogP contribution in [-0.2, 0) is 14.3 Å². The number of rotatable bonds is 7. The quantitative estimate of drug-likeness (QED) is 0.708. The van der Waals surface area contributed by atoms with Crippen LogP contribution in [0.5, 0.6) is 0 Å². The summed E-state index contributed by atoms with van der Waals surface area (Å²) in [4.78, 5) is 14.5. The SMILES string of the molecule is COCCOCC(=O)N1CCCCC[C@H]1c1nnc(-c2ccccc2)o1. The molecule has 7 nitrogen and oxygen atoms in total. The van der Waals surface area contributed by atoms with Gasteiger partial charge in [0.05, 0.1) is 13.2 Å². The van der Waals surface area contributed by atoms with E-state index in [2.05, 4.69) is 10.2 Å². The van der Waals surface area contributed by atoms with Crippen LogP contribution in [0.15, 0.2) is 34.7 Å². The number of carbonyl (C=O) groups is 1. The largest absolute Gasteiger partial charge is 0.418 e. The average Bonchev–Trinajstić information content (AvgIpc) is 3.03. The maximum absolute atomic E-state index is 12.6. The van der Waals surface area contributed by atoms with E-state index in [0.29, 0.717) is 31.5 Å². The first-order chi connectivity index (χ1) is 12.8. The second-order valence-electron chi connectivity index (χ2n) is 6.31. The standard InChI is InChI=1S/C19H25N3O4/c1-24-12-13-25-14-17(23)22-11-7-3-6-10-16(22)19-21-20-18(26-19)15-8-4-2-5-9-15/h2,4-5,8-9,16H,3,6-7,10-14H2,1H3/t16-/m0/s1. The number of carbonyl (C=O) groups excluding carboxylic acids is 1. The van der Waals surface area contributed by atoms with Crippen molar-refractivity contribution in [1.29, 1.82) is 0 Å². The Hall–Kier alpha value is -2.25. The van der Waals surface area contributed by atoms with Crippen molar-refractivity contribution >= 4 is 5.91 Å². The van der Waals surface area contributed by atoms with Crippen LogP contribution in [0.1, 0.15) is 37.6 Å². The van der Waals surface area contributed by atoms with E-state index in [1.54, 1.807) is 7.11 Å². The van der Waals surface area contributed by atoms with E-state index in [-0.39, 0.29) is 18.6 Å². The Morgan fingerprint density at radius 2 is 2.04 bits per heavy atom. The van der Waals surface area contributed by atoms with Gasteiger partial charge in [0.25, 0.3) is 0 Å². The van der Waals surface area contributed by atoms with Gasteiger partial charge in [0.2, 0.25) is 17.7 Å². The molecular formula is C19H25N3O4. The highest BCUT2D eigenvalue weighted by Gasteiger charge is 2.30. The molecule has 1 aromatic heterocycles. The molecule has 1 amide bonds. The summed E-state index contributed by atoms with van der Waals surface area (Å²) in [5, 5.41) is 8.40. The molecule has 0 unspecified atom stereocenters. The van der Waals surface area contributed by atoms with Gasteiger partial charge in [0, 0.05) is 19.2 Å². The van der Waals surface area contributed by atoms with E-state index in [1.165, 1.54) is 0 Å². The highest BCUT2D eigenvalue weighted by Crippen LogP contribution is 2.31. The number of aromatic nitrogens is 2. The van der Waals surface area contributed by atoms with Gasteiger partial charge in [-0.2, -0.15) is 0 Å². The molecule has 0 N–H and O–H groups in total. The minimum atomic E-state index is -0.194. The van der Waals surface area contributed by atoms with Crippen LogP contribution < -0.4 is 0 Å². The third-order valence-corrected chi connectivity index (χ3v) is 4.48. The first-order valence-corrected chi connectivity index (χ1v) is 9.04. The highest BCUT2D eigenvalue weighted by molar-refractivity contribution is 5.77. The van der Waals surface area contributed by atoms with E-state index in [1.807, 2.05) is 35.2 Å². The Bertz CT molecular complexity index is 689. The second-order valence-corrected chi connectivity index (χ2v) is 6.31. The minimum Gasteiger partial charge on any atom is -0.418 e. The van der Waals surface area contributed by atoms with Crippen molar-refractivity contribution in [3.05, 3.63) is 36.2 Å². The first-order valence-electron chi connectivity index (χ1n) is 9.04. The van der Waals surface area contributed by atoms with Crippen LogP contribution in [-0.4, -0.2) is 54.5 Å². The Kier molecular flexibility index (Phi) is 6.74. The summed E-state index contributed by atoms with van der Waals surface area (Å²) < 4.78 is 16.3. The predicted octanol–water partition coefficient (Wildman–Crippen LogP) is 2.84. The first kappa shape index (κ1) is 18.5. The van der Waals surface area contributed by atoms with Gasteiger partial charge in [-0.05, 0) is 25.0 Å². The zero-order valence-corrected chi connectivity index (χ0v) is 15.1. The highest BCUT2D eigenvalue weighted by atomic mass is 16.5. The molecule has 1 fully saturated rings. The van der Waals surface area contributed by atoms with E-state index in [4.69, 9.17) is 13.9 Å². The predicted molar refractivity (Wildman–Crippen MR) is 95.4 cm³/mol. The van der Waals surface area contributed by atoms with Gasteiger partial charge in [-0.25, -0.2) is 0 Å². The molecule has 0 radical (unpaired) electrons. The number of likely N-dealkylation sites (tertiary alicyclic amines) is 1. The van der Waals surface area contributed by atoms with Crippen molar-refractivity contribution in [3.8, 4) is 11.5 Å². The third kappa shape index (κ3) is 4.68. The number of amides is 1. The molecule has 1 saturated heterocycles. The van der Waals surface area contributed by atoms with Crippen LogP contribution >= 0.6 is 0 Å². The summed E-state index contributed by atoms with van der Waals surface area (Å²) in [6.45, 7) is 1.60. The van der Waals surface area contributed by atoms with Crippen LogP contribution in [0.3, 0.4) is 0 Å². The lowest BCUT2D eigenvalue weighted by atomic mass is 10.1. The van der Waals surface area contributed by atoms with Gasteiger partial charge < -0.3 is 18.8 Å². The van der Waals surface area contributed by atoms with Crippen molar-refractivity contribution in [1.82, 2.24) is 15.1 Å². The van der Waals surface area contributed by atoms with E-state index >= 15 is 0 Å². The van der Waals surface area contributed by atoms with E-state index < -0.39 is 0 Å². The second kappa shape index (κ2) is 9.45. The minimum absolute atomic E-state index is 0.0412. The molecule has 3 rings (SSSR count). The number of nitrogens with zero attached hydrogens (tertiary/aromatic N) is 3. The number of methoxy groups -OCH3 is 1. The summed E-state index contributed by atoms with van der Waals surface area (Å²) in [6, 6.07) is 9.46. The van der Waals surface area contributed by atoms with Gasteiger partial charge in [-0.1, -0.05) is 31.0 Å². The molecule has 7 heteroatoms. The topological polar surface area (TPSA) is 77.7 Å². The summed E-state index contributed by atoms with van der Waals surface area (Å²) in [6.07, 6.45) is 3.91. The Labute approximate surface area is 153 Å². The Balaban J connectivity index is 1.72. The number of ether oxygens (including phenoxy) is 2. The van der Waals surface area contributed by atoms with E-state index in [0.717, 1.165) is 31.2 Å². The Morgan fingerprint density at radius 3 is 2.85 bits per heavy atom. The zero-order valence-electron chi connectivity index (χ0n) is 15.1. The monoisotopic (exact) mass is 359 g/mol. The average molecular weight is 359 g/mol. The molecule has 2 heterocycles. The van der Waals surface area contributed by atoms with Crippen LogP contribution in [0.25, 0.3) is 11.5 Å². The summed E-state index contributed by atoms with van der Waals surface area (Å²) in [5.74, 6) is 0.928. The maximum Gasteiger partial charge on any atom is 0.249 e. The van der Waals surface area contributed by atoms with Gasteiger partial charge in [-0.15, -0.1) is 10.2 Å². The van der Waals surface area contributed by atoms with Crippen LogP contribution in [0.4, 0.5) is 0 Å². The smallest absolute Gasteiger partial charge is 0.249 e. The van der Waals surface area contributed by atoms with Gasteiger partial charge in [0.15, 0.2) is 0 Å². The molecule has 1 aliphatic heterocycles. The lowest BCUT2D eigenvalue weighted by Gasteiger charge is -2.27. The molecule has 0 bridgehead atoms. The summed E-state index contributed by atoms with van der Waals surface area (Å²) in [7, 11) is 1.61. The number of hydrogen-bond donors (Lipinski definition) is 0. The third-order valence-electron chi connectivity index (χ3n) is 4.48. The molecule has 0 aliphatic carbocycles. The number of benzene rings is 1. The molecule has 1 aliphatic rings. The number of hydrogen-bond acceptors (Lipinski definition) is 6. The fourth-order valence-electron chi connectivity index (χ4n) is 3.11. The van der Waals surface area contributed by atoms with E-state index in [9.17, 15) is 4.79 Å². The summed E-state index contributed by atoms with van der Waals surface area (Å²) >= 11 is 0. The normalized spacial score (nSPS) is 17.9. The molecule has 1 aromatic carbocycles. The molecule has 0 saturated carbocycles. The van der Waals surface area contributed by atoms with Crippen LogP contribution in [0, 0.1) is 0 Å². The van der Waals surface area contributed by atoms with Crippen molar-refractivity contribution in [2.75, 3.05) is 33.5 Å². The van der Waals surface area contributed by atoms with Gasteiger partial charge in [0.1, 0.15) is 12.6 Å². The molecular weight excluding hydrogens is 334 g/mol.